The predicted molar refractivity (Wildman–Crippen MR) is 91.2 cm³/mol. The molecule has 1 N–H and O–H groups in total. The minimum atomic E-state index is -0.372. The molecule has 2 heterocycles. The number of ether oxygens (including phenoxy) is 1. The molecule has 0 aliphatic carbocycles. The molecule has 1 atom stereocenters. The maximum atomic E-state index is 12.6. The molecule has 1 aromatic heterocycles. The van der Waals surface area contributed by atoms with Gasteiger partial charge in [0.25, 0.3) is 0 Å². The Labute approximate surface area is 145 Å². The molecule has 1 unspecified atom stereocenters. The number of carbonyl (C=O) groups is 2. The molecule has 3 rings (SSSR count). The number of nitrogens with one attached hydrogen (secondary N) is 1. The highest BCUT2D eigenvalue weighted by atomic mass is 16.6. The summed E-state index contributed by atoms with van der Waals surface area (Å²) >= 11 is 0. The van der Waals surface area contributed by atoms with Crippen molar-refractivity contribution in [3.05, 3.63) is 46.8 Å². The first kappa shape index (κ1) is 17.0. The third kappa shape index (κ3) is 3.65. The summed E-state index contributed by atoms with van der Waals surface area (Å²) in [5, 5.41) is 6.82. The fraction of sp³-hybridized carbons (Fsp3) is 0.389. The van der Waals surface area contributed by atoms with E-state index >= 15 is 0 Å². The first-order valence-electron chi connectivity index (χ1n) is 8.20. The second-order valence-corrected chi connectivity index (χ2v) is 6.19. The molecule has 2 amide bonds. The van der Waals surface area contributed by atoms with Gasteiger partial charge in [-0.25, -0.2) is 4.79 Å². The van der Waals surface area contributed by atoms with E-state index in [0.29, 0.717) is 31.1 Å². The van der Waals surface area contributed by atoms with Crippen LogP contribution in [-0.2, 0) is 16.1 Å². The number of cyclic esters (lactones) is 1. The first-order valence-corrected chi connectivity index (χ1v) is 8.20. The Balaban J connectivity index is 1.69. The zero-order valence-electron chi connectivity index (χ0n) is 14.5. The van der Waals surface area contributed by atoms with Crippen LogP contribution in [0.4, 0.5) is 10.5 Å². The number of anilines is 1. The van der Waals surface area contributed by atoms with Crippen molar-refractivity contribution < 1.29 is 18.8 Å². The Morgan fingerprint density at radius 1 is 1.40 bits per heavy atom. The molecule has 1 aliphatic rings. The maximum absolute atomic E-state index is 12.6. The van der Waals surface area contributed by atoms with Gasteiger partial charge in [0, 0.05) is 17.8 Å². The van der Waals surface area contributed by atoms with E-state index in [0.717, 1.165) is 16.8 Å². The Kier molecular flexibility index (Phi) is 4.74. The number of benzene rings is 1. The Morgan fingerprint density at radius 2 is 2.20 bits per heavy atom. The molecule has 2 aromatic rings. The van der Waals surface area contributed by atoms with Crippen molar-refractivity contribution in [3.63, 3.8) is 0 Å². The van der Waals surface area contributed by atoms with Crippen molar-refractivity contribution in [1.29, 1.82) is 0 Å². The second kappa shape index (κ2) is 6.96. The molecule has 0 spiro atoms. The summed E-state index contributed by atoms with van der Waals surface area (Å²) < 4.78 is 10.1. The number of amides is 2. The van der Waals surface area contributed by atoms with Crippen LogP contribution in [0.2, 0.25) is 0 Å². The van der Waals surface area contributed by atoms with Crippen molar-refractivity contribution >= 4 is 17.7 Å². The number of nitrogens with zero attached hydrogens (tertiary/aromatic N) is 2. The fourth-order valence-corrected chi connectivity index (χ4v) is 3.03. The Morgan fingerprint density at radius 3 is 2.84 bits per heavy atom. The Bertz CT molecular complexity index is 780. The van der Waals surface area contributed by atoms with Gasteiger partial charge in [-0.2, -0.15) is 0 Å². The van der Waals surface area contributed by atoms with Crippen LogP contribution in [0.15, 0.2) is 28.8 Å². The summed E-state index contributed by atoms with van der Waals surface area (Å²) in [4.78, 5) is 25.7. The Hall–Kier alpha value is -2.83. The summed E-state index contributed by atoms with van der Waals surface area (Å²) in [6, 6.07) is 7.46. The molecule has 0 radical (unpaired) electrons. The van der Waals surface area contributed by atoms with Gasteiger partial charge in [-0.15, -0.1) is 0 Å². The number of aryl methyl sites for hydroxylation is 2. The summed E-state index contributed by atoms with van der Waals surface area (Å²) in [5.74, 6) is 0.150. The molecular formula is C18H21N3O4. The third-order valence-corrected chi connectivity index (χ3v) is 4.33. The lowest BCUT2D eigenvalue weighted by atomic mass is 9.98. The van der Waals surface area contributed by atoms with Crippen LogP contribution in [0, 0.1) is 13.8 Å². The fourth-order valence-electron chi connectivity index (χ4n) is 3.03. The summed E-state index contributed by atoms with van der Waals surface area (Å²) in [7, 11) is 0. The molecule has 1 saturated heterocycles. The molecule has 0 saturated carbocycles. The molecule has 1 fully saturated rings. The second-order valence-electron chi connectivity index (χ2n) is 6.19. The van der Waals surface area contributed by atoms with Crippen LogP contribution in [-0.4, -0.2) is 35.2 Å². The molecule has 7 nitrogen and oxygen atoms in total. The first-order chi connectivity index (χ1) is 12.0. The normalized spacial score (nSPS) is 15.2. The van der Waals surface area contributed by atoms with Gasteiger partial charge in [-0.3, -0.25) is 4.79 Å². The van der Waals surface area contributed by atoms with E-state index in [-0.39, 0.29) is 17.9 Å². The van der Waals surface area contributed by atoms with Crippen molar-refractivity contribution in [1.82, 2.24) is 10.1 Å². The largest absolute Gasteiger partial charge is 0.448 e. The predicted octanol–water partition coefficient (Wildman–Crippen LogP) is 2.99. The van der Waals surface area contributed by atoms with Crippen molar-refractivity contribution in [2.45, 2.75) is 33.2 Å². The molecule has 132 valence electrons. The maximum Gasteiger partial charge on any atom is 0.410 e. The van der Waals surface area contributed by atoms with Gasteiger partial charge in [0.05, 0.1) is 18.2 Å². The van der Waals surface area contributed by atoms with Gasteiger partial charge in [0.1, 0.15) is 12.4 Å². The number of hydrogen-bond donors (Lipinski definition) is 1. The van der Waals surface area contributed by atoms with Crippen LogP contribution in [0.3, 0.4) is 0 Å². The molecule has 0 bridgehead atoms. The molecule has 1 aliphatic heterocycles. The minimum absolute atomic E-state index is 0.132. The highest BCUT2D eigenvalue weighted by Crippen LogP contribution is 2.25. The van der Waals surface area contributed by atoms with Crippen molar-refractivity contribution in [2.24, 2.45) is 0 Å². The molecular weight excluding hydrogens is 322 g/mol. The number of aromatic nitrogens is 1. The average Bonchev–Trinajstić information content (AvgIpc) is 3.13. The van der Waals surface area contributed by atoms with Gasteiger partial charge in [0.15, 0.2) is 0 Å². The highest BCUT2D eigenvalue weighted by molar-refractivity contribution is 5.95. The highest BCUT2D eigenvalue weighted by Gasteiger charge is 2.24. The summed E-state index contributed by atoms with van der Waals surface area (Å²) in [6.07, 6.45) is -0.304. The minimum Gasteiger partial charge on any atom is -0.448 e. The number of carbonyl (C=O) groups excluding carboxylic acids is 2. The zero-order chi connectivity index (χ0) is 18.0. The van der Waals surface area contributed by atoms with E-state index in [1.165, 1.54) is 0 Å². The van der Waals surface area contributed by atoms with Gasteiger partial charge in [-0.05, 0) is 38.5 Å². The number of hydrogen-bond acceptors (Lipinski definition) is 5. The lowest BCUT2D eigenvalue weighted by Crippen LogP contribution is -2.23. The smallest absolute Gasteiger partial charge is 0.410 e. The molecule has 1 aromatic carbocycles. The SMILES string of the molecule is Cc1noc(C)c1C(C)C(=O)Nc1cccc(CN2CCOC2=O)c1. The van der Waals surface area contributed by atoms with Crippen LogP contribution in [0.5, 0.6) is 0 Å². The van der Waals surface area contributed by atoms with E-state index in [1.54, 1.807) is 11.8 Å². The van der Waals surface area contributed by atoms with E-state index in [9.17, 15) is 9.59 Å². The lowest BCUT2D eigenvalue weighted by Gasteiger charge is -2.15. The van der Waals surface area contributed by atoms with Gasteiger partial charge >= 0.3 is 6.09 Å². The summed E-state index contributed by atoms with van der Waals surface area (Å²) in [6.45, 7) is 6.91. The van der Waals surface area contributed by atoms with Gasteiger partial charge < -0.3 is 19.5 Å². The van der Waals surface area contributed by atoms with E-state index in [4.69, 9.17) is 9.26 Å². The average molecular weight is 343 g/mol. The summed E-state index contributed by atoms with van der Waals surface area (Å²) in [5.41, 5.74) is 3.16. The van der Waals surface area contributed by atoms with Crippen LogP contribution in [0.25, 0.3) is 0 Å². The topological polar surface area (TPSA) is 84.7 Å². The van der Waals surface area contributed by atoms with Crippen LogP contribution < -0.4 is 5.32 Å². The van der Waals surface area contributed by atoms with Crippen LogP contribution >= 0.6 is 0 Å². The third-order valence-electron chi connectivity index (χ3n) is 4.33. The quantitative estimate of drug-likeness (QED) is 0.902. The standard InChI is InChI=1S/C18H21N3O4/c1-11(16-12(2)20-25-13(16)3)17(22)19-15-6-4-5-14(9-15)10-21-7-8-24-18(21)23/h4-6,9,11H,7-8,10H2,1-3H3,(H,19,22). The van der Waals surface area contributed by atoms with Crippen LogP contribution in [0.1, 0.15) is 35.4 Å². The lowest BCUT2D eigenvalue weighted by molar-refractivity contribution is -0.117. The molecule has 7 heteroatoms. The van der Waals surface area contributed by atoms with Gasteiger partial charge in [-0.1, -0.05) is 17.3 Å². The van der Waals surface area contributed by atoms with E-state index < -0.39 is 0 Å². The number of rotatable bonds is 5. The van der Waals surface area contributed by atoms with E-state index in [1.807, 2.05) is 38.1 Å². The molecule has 25 heavy (non-hydrogen) atoms. The monoisotopic (exact) mass is 343 g/mol. The van der Waals surface area contributed by atoms with Crippen molar-refractivity contribution in [2.75, 3.05) is 18.5 Å². The van der Waals surface area contributed by atoms with E-state index in [2.05, 4.69) is 10.5 Å². The van der Waals surface area contributed by atoms with Crippen molar-refractivity contribution in [3.8, 4) is 0 Å². The zero-order valence-corrected chi connectivity index (χ0v) is 14.5. The van der Waals surface area contributed by atoms with Gasteiger partial charge in [0.2, 0.25) is 5.91 Å².